The van der Waals surface area contributed by atoms with E-state index >= 15 is 0 Å². The Morgan fingerprint density at radius 3 is 2.59 bits per heavy atom. The lowest BCUT2D eigenvalue weighted by atomic mass is 10.2. The Morgan fingerprint density at radius 2 is 2.12 bits per heavy atom. The number of amides is 2. The minimum Gasteiger partial charge on any atom is -0.344 e. The molecular formula is C10H16N2O4S. The molecular weight excluding hydrogens is 244 g/mol. The van der Waals surface area contributed by atoms with Gasteiger partial charge in [-0.25, -0.2) is 8.42 Å². The number of likely N-dealkylation sites (tertiary alicyclic amines) is 1. The SMILES string of the molecule is CS(=O)(=O)C1CCN(C(=O)C2CCC(=O)N2)C1. The Balaban J connectivity index is 1.97. The molecule has 0 aromatic rings. The predicted octanol–water partition coefficient (Wildman–Crippen LogP) is -1.09. The maximum Gasteiger partial charge on any atom is 0.245 e. The first-order valence-corrected chi connectivity index (χ1v) is 7.60. The summed E-state index contributed by atoms with van der Waals surface area (Å²) in [4.78, 5) is 24.5. The summed E-state index contributed by atoms with van der Waals surface area (Å²) in [6.45, 7) is 0.715. The zero-order chi connectivity index (χ0) is 12.6. The molecule has 2 unspecified atom stereocenters. The fourth-order valence-electron chi connectivity index (χ4n) is 2.30. The molecule has 7 heteroatoms. The Kier molecular flexibility index (Phi) is 3.11. The van der Waals surface area contributed by atoms with Crippen molar-refractivity contribution in [3.8, 4) is 0 Å². The summed E-state index contributed by atoms with van der Waals surface area (Å²) in [6.07, 6.45) is 2.58. The average Bonchev–Trinajstić information content (AvgIpc) is 2.83. The fraction of sp³-hybridized carbons (Fsp3) is 0.800. The highest BCUT2D eigenvalue weighted by atomic mass is 32.2. The standard InChI is InChI=1S/C10H16N2O4S/c1-17(15,16)7-4-5-12(6-7)10(14)8-2-3-9(13)11-8/h7-8H,2-6H2,1H3,(H,11,13). The van der Waals surface area contributed by atoms with E-state index < -0.39 is 21.1 Å². The minimum atomic E-state index is -3.08. The van der Waals surface area contributed by atoms with Crippen molar-refractivity contribution in [2.45, 2.75) is 30.6 Å². The van der Waals surface area contributed by atoms with E-state index in [9.17, 15) is 18.0 Å². The minimum absolute atomic E-state index is 0.109. The number of sulfone groups is 1. The van der Waals surface area contributed by atoms with Crippen LogP contribution in [0.4, 0.5) is 0 Å². The molecule has 2 aliphatic heterocycles. The van der Waals surface area contributed by atoms with Crippen LogP contribution < -0.4 is 5.32 Å². The highest BCUT2D eigenvalue weighted by Gasteiger charge is 2.37. The number of hydrogen-bond acceptors (Lipinski definition) is 4. The van der Waals surface area contributed by atoms with Crippen LogP contribution in [0.3, 0.4) is 0 Å². The van der Waals surface area contributed by atoms with Crippen molar-refractivity contribution < 1.29 is 18.0 Å². The summed E-state index contributed by atoms with van der Waals surface area (Å²) in [5, 5.41) is 2.15. The van der Waals surface area contributed by atoms with E-state index in [1.807, 2.05) is 0 Å². The summed E-state index contributed by atoms with van der Waals surface area (Å²) >= 11 is 0. The van der Waals surface area contributed by atoms with Crippen LogP contribution in [0.25, 0.3) is 0 Å². The molecule has 17 heavy (non-hydrogen) atoms. The van der Waals surface area contributed by atoms with Gasteiger partial charge in [0.05, 0.1) is 5.25 Å². The van der Waals surface area contributed by atoms with Gasteiger partial charge >= 0.3 is 0 Å². The Morgan fingerprint density at radius 1 is 1.41 bits per heavy atom. The fourth-order valence-corrected chi connectivity index (χ4v) is 3.28. The van der Waals surface area contributed by atoms with E-state index in [0.717, 1.165) is 0 Å². The molecule has 96 valence electrons. The Bertz CT molecular complexity index is 445. The van der Waals surface area contributed by atoms with E-state index in [-0.39, 0.29) is 18.4 Å². The number of carbonyl (C=O) groups excluding carboxylic acids is 2. The largest absolute Gasteiger partial charge is 0.344 e. The molecule has 1 N–H and O–H groups in total. The van der Waals surface area contributed by atoms with Crippen molar-refractivity contribution in [1.29, 1.82) is 0 Å². The lowest BCUT2D eigenvalue weighted by Gasteiger charge is -2.20. The molecule has 2 atom stereocenters. The van der Waals surface area contributed by atoms with Gasteiger partial charge in [-0.3, -0.25) is 9.59 Å². The third-order valence-corrected chi connectivity index (χ3v) is 4.95. The molecule has 6 nitrogen and oxygen atoms in total. The van der Waals surface area contributed by atoms with Gasteiger partial charge in [-0.2, -0.15) is 0 Å². The topological polar surface area (TPSA) is 83.6 Å². The van der Waals surface area contributed by atoms with Gasteiger partial charge < -0.3 is 10.2 Å². The van der Waals surface area contributed by atoms with Crippen molar-refractivity contribution in [2.24, 2.45) is 0 Å². The van der Waals surface area contributed by atoms with Crippen LogP contribution in [-0.4, -0.2) is 55.8 Å². The van der Waals surface area contributed by atoms with Gasteiger partial charge in [0.15, 0.2) is 9.84 Å². The maximum absolute atomic E-state index is 12.0. The molecule has 0 saturated carbocycles. The quantitative estimate of drug-likeness (QED) is 0.684. The van der Waals surface area contributed by atoms with Crippen LogP contribution in [0.2, 0.25) is 0 Å². The van der Waals surface area contributed by atoms with Crippen LogP contribution in [-0.2, 0) is 19.4 Å². The van der Waals surface area contributed by atoms with E-state index in [1.54, 1.807) is 4.90 Å². The third kappa shape index (κ3) is 2.59. The van der Waals surface area contributed by atoms with Crippen molar-refractivity contribution in [2.75, 3.05) is 19.3 Å². The second-order valence-electron chi connectivity index (χ2n) is 4.68. The average molecular weight is 260 g/mol. The van der Waals surface area contributed by atoms with Crippen molar-refractivity contribution in [1.82, 2.24) is 10.2 Å². The Labute approximate surface area is 100 Å². The molecule has 0 radical (unpaired) electrons. The van der Waals surface area contributed by atoms with Crippen LogP contribution in [0.1, 0.15) is 19.3 Å². The summed E-state index contributed by atoms with van der Waals surface area (Å²) in [5.74, 6) is -0.260. The number of nitrogens with one attached hydrogen (secondary N) is 1. The van der Waals surface area contributed by atoms with E-state index in [0.29, 0.717) is 25.8 Å². The highest BCUT2D eigenvalue weighted by Crippen LogP contribution is 2.19. The molecule has 2 amide bonds. The van der Waals surface area contributed by atoms with E-state index in [4.69, 9.17) is 0 Å². The summed E-state index contributed by atoms with van der Waals surface area (Å²) in [5.41, 5.74) is 0. The first kappa shape index (κ1) is 12.3. The number of nitrogens with zero attached hydrogens (tertiary/aromatic N) is 1. The summed E-state index contributed by atoms with van der Waals surface area (Å²) < 4.78 is 22.7. The number of hydrogen-bond donors (Lipinski definition) is 1. The maximum atomic E-state index is 12.0. The zero-order valence-electron chi connectivity index (χ0n) is 9.68. The van der Waals surface area contributed by atoms with Gasteiger partial charge in [-0.05, 0) is 12.8 Å². The van der Waals surface area contributed by atoms with Gasteiger partial charge in [0.25, 0.3) is 0 Å². The van der Waals surface area contributed by atoms with E-state index in [2.05, 4.69) is 5.32 Å². The lowest BCUT2D eigenvalue weighted by molar-refractivity contribution is -0.133. The van der Waals surface area contributed by atoms with Crippen LogP contribution in [0.5, 0.6) is 0 Å². The monoisotopic (exact) mass is 260 g/mol. The molecule has 0 aromatic heterocycles. The van der Waals surface area contributed by atoms with Crippen molar-refractivity contribution >= 4 is 21.7 Å². The van der Waals surface area contributed by atoms with Gasteiger partial charge in [-0.15, -0.1) is 0 Å². The molecule has 2 rings (SSSR count). The lowest BCUT2D eigenvalue weighted by Crippen LogP contribution is -2.44. The van der Waals surface area contributed by atoms with Crippen molar-refractivity contribution in [3.63, 3.8) is 0 Å². The molecule has 2 fully saturated rings. The predicted molar refractivity (Wildman–Crippen MR) is 61.0 cm³/mol. The van der Waals surface area contributed by atoms with Crippen molar-refractivity contribution in [3.05, 3.63) is 0 Å². The van der Waals surface area contributed by atoms with Gasteiger partial charge in [-0.1, -0.05) is 0 Å². The van der Waals surface area contributed by atoms with Crippen LogP contribution >= 0.6 is 0 Å². The molecule has 0 aromatic carbocycles. The molecule has 2 heterocycles. The van der Waals surface area contributed by atoms with Gasteiger partial charge in [0.2, 0.25) is 11.8 Å². The van der Waals surface area contributed by atoms with Gasteiger partial charge in [0, 0.05) is 25.8 Å². The normalized spacial score (nSPS) is 29.5. The summed E-state index contributed by atoms with van der Waals surface area (Å²) in [6, 6.07) is -0.458. The zero-order valence-corrected chi connectivity index (χ0v) is 10.5. The van der Waals surface area contributed by atoms with E-state index in [1.165, 1.54) is 6.26 Å². The smallest absolute Gasteiger partial charge is 0.245 e. The van der Waals surface area contributed by atoms with Gasteiger partial charge in [0.1, 0.15) is 6.04 Å². The molecule has 2 aliphatic rings. The Hall–Kier alpha value is -1.11. The first-order valence-electron chi connectivity index (χ1n) is 5.65. The second kappa shape index (κ2) is 4.29. The van der Waals surface area contributed by atoms with Crippen LogP contribution in [0, 0.1) is 0 Å². The number of carbonyl (C=O) groups is 2. The molecule has 0 bridgehead atoms. The molecule has 2 saturated heterocycles. The molecule has 0 spiro atoms. The first-order chi connectivity index (χ1) is 7.88. The second-order valence-corrected chi connectivity index (χ2v) is 7.01. The number of rotatable bonds is 2. The summed E-state index contributed by atoms with van der Waals surface area (Å²) in [7, 11) is -3.08. The highest BCUT2D eigenvalue weighted by molar-refractivity contribution is 7.91. The molecule has 0 aliphatic carbocycles. The third-order valence-electron chi connectivity index (χ3n) is 3.36. The van der Waals surface area contributed by atoms with Crippen LogP contribution in [0.15, 0.2) is 0 Å².